The lowest BCUT2D eigenvalue weighted by molar-refractivity contribution is -0.136. The summed E-state index contributed by atoms with van der Waals surface area (Å²) in [5, 5.41) is 5.33. The van der Waals surface area contributed by atoms with Gasteiger partial charge in [0.05, 0.1) is 57.3 Å². The molecule has 61 heavy (non-hydrogen) atoms. The molecule has 0 unspecified atom stereocenters. The van der Waals surface area contributed by atoms with Crippen molar-refractivity contribution in [2.75, 3.05) is 34.0 Å². The number of carbonyl (C=O) groups is 5. The first-order valence-corrected chi connectivity index (χ1v) is 20.6. The Bertz CT molecular complexity index is 2190. The fraction of sp³-hybridized carbons (Fsp3) is 0.477. The molecule has 0 saturated carbocycles. The predicted octanol–water partition coefficient (Wildman–Crippen LogP) is 6.64. The van der Waals surface area contributed by atoms with E-state index in [0.29, 0.717) is 18.2 Å². The molecule has 2 saturated heterocycles. The minimum Gasteiger partial charge on any atom is -0.453 e. The van der Waals surface area contributed by atoms with E-state index in [1.807, 2.05) is 76.2 Å². The molecule has 0 bridgehead atoms. The van der Waals surface area contributed by atoms with Gasteiger partial charge in [-0.1, -0.05) is 76.2 Å². The smallest absolute Gasteiger partial charge is 0.411 e. The third-order valence-electron chi connectivity index (χ3n) is 10.9. The van der Waals surface area contributed by atoms with Crippen LogP contribution in [0.3, 0.4) is 0 Å². The quantitative estimate of drug-likeness (QED) is 0.119. The van der Waals surface area contributed by atoms with Crippen LogP contribution in [0.1, 0.15) is 85.0 Å². The van der Waals surface area contributed by atoms with Crippen molar-refractivity contribution in [3.8, 4) is 33.6 Å². The molecule has 4 heterocycles. The number of nitrogens with one attached hydrogen (secondary N) is 4. The first-order chi connectivity index (χ1) is 29.0. The van der Waals surface area contributed by atoms with E-state index < -0.39 is 42.0 Å². The molecule has 326 valence electrons. The zero-order valence-electron chi connectivity index (χ0n) is 36.3. The number of hydrogen-bond acceptors (Lipinski definition) is 10. The summed E-state index contributed by atoms with van der Waals surface area (Å²) >= 11 is 0. The van der Waals surface area contributed by atoms with Crippen molar-refractivity contribution >= 4 is 30.1 Å². The second-order valence-electron chi connectivity index (χ2n) is 17.1. The number of benzene rings is 2. The minimum absolute atomic E-state index is 0.0494. The summed E-state index contributed by atoms with van der Waals surface area (Å²) in [5.74, 6) is 0.261. The number of alkyl carbamates (subject to hydrolysis) is 2. The van der Waals surface area contributed by atoms with E-state index in [0.717, 1.165) is 46.5 Å². The van der Waals surface area contributed by atoms with E-state index >= 15 is 0 Å². The number of aromatic amines is 2. The second kappa shape index (κ2) is 18.5. The molecule has 4 aromatic rings. The number of amides is 5. The van der Waals surface area contributed by atoms with Gasteiger partial charge in [0, 0.05) is 6.54 Å². The summed E-state index contributed by atoms with van der Waals surface area (Å²) in [5.41, 5.74) is 4.64. The Morgan fingerprint density at radius 2 is 1.13 bits per heavy atom. The number of aromatic nitrogens is 4. The predicted molar refractivity (Wildman–Crippen MR) is 226 cm³/mol. The van der Waals surface area contributed by atoms with Crippen molar-refractivity contribution in [3.05, 3.63) is 72.6 Å². The van der Waals surface area contributed by atoms with Gasteiger partial charge in [-0.05, 0) is 67.7 Å². The van der Waals surface area contributed by atoms with Crippen LogP contribution in [0, 0.1) is 11.8 Å². The van der Waals surface area contributed by atoms with Crippen molar-refractivity contribution in [1.82, 2.24) is 45.3 Å². The molecular weight excluding hydrogens is 783 g/mol. The number of likely N-dealkylation sites (tertiary alicyclic amines) is 1. The monoisotopic (exact) mass is 839 g/mol. The van der Waals surface area contributed by atoms with Crippen LogP contribution in [0.5, 0.6) is 0 Å². The van der Waals surface area contributed by atoms with E-state index in [9.17, 15) is 24.0 Å². The van der Waals surface area contributed by atoms with E-state index in [2.05, 4.69) is 30.6 Å². The zero-order valence-corrected chi connectivity index (χ0v) is 36.3. The van der Waals surface area contributed by atoms with Gasteiger partial charge in [-0.3, -0.25) is 14.5 Å². The molecule has 2 aliphatic rings. The lowest BCUT2D eigenvalue weighted by Gasteiger charge is -2.30. The number of nitrogens with zero attached hydrogens (tertiary/aromatic N) is 5. The Labute approximate surface area is 355 Å². The fourth-order valence-electron chi connectivity index (χ4n) is 7.62. The molecule has 4 N–H and O–H groups in total. The Hall–Kier alpha value is -6.39. The average Bonchev–Trinajstić information content (AvgIpc) is 4.07. The number of ether oxygens (including phenoxy) is 3. The van der Waals surface area contributed by atoms with Gasteiger partial charge in [-0.15, -0.1) is 0 Å². The third kappa shape index (κ3) is 10.2. The van der Waals surface area contributed by atoms with Crippen LogP contribution < -0.4 is 10.6 Å². The van der Waals surface area contributed by atoms with E-state index in [-0.39, 0.29) is 42.9 Å². The van der Waals surface area contributed by atoms with E-state index in [4.69, 9.17) is 14.2 Å². The van der Waals surface area contributed by atoms with E-state index in [1.165, 1.54) is 24.0 Å². The normalized spacial score (nSPS) is 17.7. The third-order valence-corrected chi connectivity index (χ3v) is 10.9. The number of H-pyrrole nitrogens is 2. The van der Waals surface area contributed by atoms with Crippen molar-refractivity contribution in [1.29, 1.82) is 0 Å². The fourth-order valence-corrected chi connectivity index (χ4v) is 7.62. The van der Waals surface area contributed by atoms with Crippen LogP contribution in [0.4, 0.5) is 14.4 Å². The first-order valence-electron chi connectivity index (χ1n) is 20.6. The summed E-state index contributed by atoms with van der Waals surface area (Å²) in [6.45, 7) is 13.4. The summed E-state index contributed by atoms with van der Waals surface area (Å²) in [4.78, 5) is 85.8. The Morgan fingerprint density at radius 3 is 1.57 bits per heavy atom. The number of imidazole rings is 2. The van der Waals surface area contributed by atoms with Crippen LogP contribution in [-0.4, -0.2) is 116 Å². The van der Waals surface area contributed by atoms with Crippen molar-refractivity contribution in [3.63, 3.8) is 0 Å². The lowest BCUT2D eigenvalue weighted by atomic mass is 10.0. The Morgan fingerprint density at radius 1 is 0.689 bits per heavy atom. The van der Waals surface area contributed by atoms with Gasteiger partial charge in [0.25, 0.3) is 0 Å². The summed E-state index contributed by atoms with van der Waals surface area (Å²) < 4.78 is 15.2. The lowest BCUT2D eigenvalue weighted by Crippen LogP contribution is -2.51. The standard InChI is InChI=1S/C44H57N9O8/c1-25(2)35(49-41(56)59-8)39(54)52-20-10-11-33(52)37-45-21-31(47-37)29-16-12-27(13-17-29)28-14-18-30(19-15-28)32-22-46-38(48-32)34-23-51(43(58)61-44(5,6)7)24-53(34)40(55)36(26(3)4)50-42(57)60-9/h12-19,21-22,25-26,33-36H,10-11,20,23-24H2,1-9H3,(H,45,47)(H,46,48)(H,49,56)(H,50,57)/t33-,34-,35-,36-/m0/s1. The number of hydrogen-bond donors (Lipinski definition) is 4. The van der Waals surface area contributed by atoms with Gasteiger partial charge in [-0.25, -0.2) is 24.4 Å². The van der Waals surface area contributed by atoms with Crippen molar-refractivity contribution < 1.29 is 38.2 Å². The zero-order chi connectivity index (χ0) is 44.2. The second-order valence-corrected chi connectivity index (χ2v) is 17.1. The van der Waals surface area contributed by atoms with Gasteiger partial charge >= 0.3 is 18.3 Å². The molecular formula is C44H57N9O8. The maximum atomic E-state index is 14.0. The van der Waals surface area contributed by atoms with Gasteiger partial charge in [0.2, 0.25) is 11.8 Å². The average molecular weight is 840 g/mol. The highest BCUT2D eigenvalue weighted by atomic mass is 16.6. The Balaban J connectivity index is 1.15. The van der Waals surface area contributed by atoms with Crippen molar-refractivity contribution in [2.24, 2.45) is 11.8 Å². The van der Waals surface area contributed by atoms with E-state index in [1.54, 1.807) is 38.1 Å². The molecule has 17 heteroatoms. The Kier molecular flexibility index (Phi) is 13.4. The molecule has 0 aliphatic carbocycles. The molecule has 6 rings (SSSR count). The molecule has 0 spiro atoms. The van der Waals surface area contributed by atoms with Gasteiger partial charge in [0.15, 0.2) is 0 Å². The number of methoxy groups -OCH3 is 2. The van der Waals surface area contributed by atoms with Gasteiger partial charge in [-0.2, -0.15) is 0 Å². The number of carbonyl (C=O) groups excluding carboxylic acids is 5. The SMILES string of the molecule is COC(=O)N[C@H](C(=O)N1CCC[C@H]1c1ncc(-c2ccc(-c3ccc(-c4cnc([C@@H]5CN(C(=O)OC(C)(C)C)CN5C(=O)[C@@H](NC(=O)OC)C(C)C)[nH]4)cc3)cc2)[nH]1)C(C)C. The van der Waals surface area contributed by atoms with Crippen molar-refractivity contribution in [2.45, 2.75) is 91.1 Å². The highest BCUT2D eigenvalue weighted by Crippen LogP contribution is 2.34. The number of rotatable bonds is 11. The largest absolute Gasteiger partial charge is 0.453 e. The maximum absolute atomic E-state index is 14.0. The first kappa shape index (κ1) is 44.2. The summed E-state index contributed by atoms with van der Waals surface area (Å²) in [7, 11) is 2.52. The van der Waals surface area contributed by atoms with Crippen LogP contribution in [-0.2, 0) is 23.8 Å². The molecule has 17 nitrogen and oxygen atoms in total. The van der Waals surface area contributed by atoms with Gasteiger partial charge < -0.3 is 44.6 Å². The maximum Gasteiger partial charge on any atom is 0.411 e. The van der Waals surface area contributed by atoms with Crippen LogP contribution >= 0.6 is 0 Å². The highest BCUT2D eigenvalue weighted by molar-refractivity contribution is 5.87. The molecule has 2 aromatic carbocycles. The molecule has 2 fully saturated rings. The highest BCUT2D eigenvalue weighted by Gasteiger charge is 2.43. The topological polar surface area (TPSA) is 204 Å². The van der Waals surface area contributed by atoms with Crippen LogP contribution in [0.25, 0.3) is 33.6 Å². The van der Waals surface area contributed by atoms with Crippen LogP contribution in [0.2, 0.25) is 0 Å². The molecule has 0 radical (unpaired) electrons. The molecule has 2 aromatic heterocycles. The minimum atomic E-state index is -0.899. The molecule has 5 amide bonds. The van der Waals surface area contributed by atoms with Crippen LogP contribution in [0.15, 0.2) is 60.9 Å². The summed E-state index contributed by atoms with van der Waals surface area (Å²) in [6.07, 6.45) is 3.15. The summed E-state index contributed by atoms with van der Waals surface area (Å²) in [6, 6.07) is 13.7. The molecule has 4 atom stereocenters. The molecule has 2 aliphatic heterocycles. The van der Waals surface area contributed by atoms with Gasteiger partial charge in [0.1, 0.15) is 35.4 Å².